The quantitative estimate of drug-likeness (QED) is 0.669. The predicted molar refractivity (Wildman–Crippen MR) is 112 cm³/mol. The Bertz CT molecular complexity index is 806. The fraction of sp³-hybridized carbons (Fsp3) is 0.348. The van der Waals surface area contributed by atoms with E-state index in [2.05, 4.69) is 21.6 Å². The van der Waals surface area contributed by atoms with Crippen LogP contribution in [0.15, 0.2) is 60.7 Å². The summed E-state index contributed by atoms with van der Waals surface area (Å²) in [6.07, 6.45) is 7.35. The molecule has 2 N–H and O–H groups in total. The van der Waals surface area contributed by atoms with Gasteiger partial charge in [0, 0.05) is 25.3 Å². The van der Waals surface area contributed by atoms with Crippen LogP contribution in [0.4, 0.5) is 19.3 Å². The van der Waals surface area contributed by atoms with E-state index >= 15 is 0 Å². The lowest BCUT2D eigenvalue weighted by Gasteiger charge is -2.32. The minimum absolute atomic E-state index is 0.191. The second kappa shape index (κ2) is 10.7. The molecule has 1 atom stereocenters. The van der Waals surface area contributed by atoms with Crippen molar-refractivity contribution in [2.75, 3.05) is 31.5 Å². The Morgan fingerprint density at radius 1 is 1.03 bits per heavy atom. The number of likely N-dealkylation sites (tertiary alicyclic amines) is 1. The number of anilines is 1. The molecule has 0 aliphatic carbocycles. The van der Waals surface area contributed by atoms with Crippen molar-refractivity contribution in [1.29, 1.82) is 0 Å². The molecule has 0 radical (unpaired) electrons. The van der Waals surface area contributed by atoms with Gasteiger partial charge in [-0.15, -0.1) is 0 Å². The van der Waals surface area contributed by atoms with E-state index in [-0.39, 0.29) is 17.7 Å². The molecule has 1 aliphatic heterocycles. The average molecular weight is 399 g/mol. The Balaban J connectivity index is 1.34. The van der Waals surface area contributed by atoms with Crippen LogP contribution in [0.25, 0.3) is 0 Å². The number of nitrogens with zero attached hydrogens (tertiary/aromatic N) is 1. The molecule has 2 aromatic rings. The molecule has 0 saturated carbocycles. The number of piperidine rings is 1. The molecule has 1 fully saturated rings. The second-order valence-electron chi connectivity index (χ2n) is 7.41. The zero-order chi connectivity index (χ0) is 20.5. The number of carbonyl (C=O) groups is 1. The SMILES string of the molecule is O=C(NC/C=C\CN1CCCC(Cc2ccc(F)cc2)C1)Nc1ccc(F)cc1. The number of halogens is 2. The largest absolute Gasteiger partial charge is 0.334 e. The Labute approximate surface area is 170 Å². The number of urea groups is 1. The summed E-state index contributed by atoms with van der Waals surface area (Å²) in [6.45, 7) is 3.38. The van der Waals surface area contributed by atoms with Gasteiger partial charge in [-0.05, 0) is 73.7 Å². The van der Waals surface area contributed by atoms with Crippen molar-refractivity contribution < 1.29 is 13.6 Å². The first kappa shape index (κ1) is 21.0. The number of benzene rings is 2. The van der Waals surface area contributed by atoms with Crippen molar-refractivity contribution in [3.63, 3.8) is 0 Å². The van der Waals surface area contributed by atoms with Gasteiger partial charge in [-0.1, -0.05) is 24.3 Å². The maximum Gasteiger partial charge on any atom is 0.319 e. The number of amides is 2. The van der Waals surface area contributed by atoms with Gasteiger partial charge in [-0.25, -0.2) is 13.6 Å². The van der Waals surface area contributed by atoms with E-state index < -0.39 is 0 Å². The predicted octanol–water partition coefficient (Wildman–Crippen LogP) is 4.60. The highest BCUT2D eigenvalue weighted by Crippen LogP contribution is 2.21. The molecule has 2 aromatic carbocycles. The average Bonchev–Trinajstić information content (AvgIpc) is 2.71. The van der Waals surface area contributed by atoms with E-state index in [1.54, 1.807) is 0 Å². The molecule has 0 bridgehead atoms. The third-order valence-electron chi connectivity index (χ3n) is 5.05. The molecule has 0 aromatic heterocycles. The first-order valence-electron chi connectivity index (χ1n) is 10.0. The van der Waals surface area contributed by atoms with Crippen LogP contribution in [-0.4, -0.2) is 37.1 Å². The van der Waals surface area contributed by atoms with Gasteiger partial charge in [-0.3, -0.25) is 4.90 Å². The molecule has 4 nitrogen and oxygen atoms in total. The van der Waals surface area contributed by atoms with E-state index in [0.29, 0.717) is 18.2 Å². The van der Waals surface area contributed by atoms with Crippen LogP contribution < -0.4 is 10.6 Å². The third-order valence-corrected chi connectivity index (χ3v) is 5.05. The standard InChI is InChI=1S/C23H27F2N3O/c24-20-7-5-18(6-8-20)16-19-4-3-15-28(17-19)14-2-1-13-26-23(29)27-22-11-9-21(25)10-12-22/h1-2,5-12,19H,3-4,13-17H2,(H2,26,27,29)/b2-1-. The van der Waals surface area contributed by atoms with Gasteiger partial charge in [0.25, 0.3) is 0 Å². The van der Waals surface area contributed by atoms with E-state index in [9.17, 15) is 13.6 Å². The normalized spacial score (nSPS) is 17.4. The second-order valence-corrected chi connectivity index (χ2v) is 7.41. The summed E-state index contributed by atoms with van der Waals surface area (Å²) in [5.41, 5.74) is 1.73. The van der Waals surface area contributed by atoms with Crippen LogP contribution in [-0.2, 0) is 6.42 Å². The molecule has 2 amide bonds. The van der Waals surface area contributed by atoms with Gasteiger partial charge in [0.15, 0.2) is 0 Å². The van der Waals surface area contributed by atoms with Gasteiger partial charge in [-0.2, -0.15) is 0 Å². The monoisotopic (exact) mass is 399 g/mol. The highest BCUT2D eigenvalue weighted by Gasteiger charge is 2.19. The Morgan fingerprint density at radius 3 is 2.45 bits per heavy atom. The summed E-state index contributed by atoms with van der Waals surface area (Å²) in [7, 11) is 0. The van der Waals surface area contributed by atoms with Crippen LogP contribution in [0.1, 0.15) is 18.4 Å². The smallest absolute Gasteiger partial charge is 0.319 e. The molecule has 6 heteroatoms. The summed E-state index contributed by atoms with van der Waals surface area (Å²) < 4.78 is 25.9. The molecule has 29 heavy (non-hydrogen) atoms. The lowest BCUT2D eigenvalue weighted by Crippen LogP contribution is -2.36. The fourth-order valence-corrected chi connectivity index (χ4v) is 3.60. The Kier molecular flexibility index (Phi) is 7.76. The maximum absolute atomic E-state index is 13.0. The van der Waals surface area contributed by atoms with Crippen molar-refractivity contribution in [3.05, 3.63) is 77.9 Å². The summed E-state index contributed by atoms with van der Waals surface area (Å²) in [6, 6.07) is 12.1. The van der Waals surface area contributed by atoms with E-state index in [1.165, 1.54) is 48.4 Å². The minimum atomic E-state index is -0.337. The number of rotatable bonds is 7. The summed E-state index contributed by atoms with van der Waals surface area (Å²) in [4.78, 5) is 14.2. The molecule has 3 rings (SSSR count). The highest BCUT2D eigenvalue weighted by molar-refractivity contribution is 5.89. The molecule has 154 valence electrons. The van der Waals surface area contributed by atoms with Gasteiger partial charge in [0.05, 0.1) is 0 Å². The van der Waals surface area contributed by atoms with E-state index in [0.717, 1.165) is 32.5 Å². The third kappa shape index (κ3) is 7.31. The van der Waals surface area contributed by atoms with Crippen molar-refractivity contribution in [2.45, 2.75) is 19.3 Å². The van der Waals surface area contributed by atoms with Crippen LogP contribution in [0, 0.1) is 17.6 Å². The zero-order valence-corrected chi connectivity index (χ0v) is 16.4. The molecular weight excluding hydrogens is 372 g/mol. The molecule has 1 aliphatic rings. The summed E-state index contributed by atoms with van der Waals surface area (Å²) >= 11 is 0. The topological polar surface area (TPSA) is 44.4 Å². The zero-order valence-electron chi connectivity index (χ0n) is 16.4. The molecule has 0 spiro atoms. The van der Waals surface area contributed by atoms with Gasteiger partial charge >= 0.3 is 6.03 Å². The van der Waals surface area contributed by atoms with Crippen molar-refractivity contribution in [1.82, 2.24) is 10.2 Å². The van der Waals surface area contributed by atoms with Crippen LogP contribution in [0.3, 0.4) is 0 Å². The maximum atomic E-state index is 13.0. The van der Waals surface area contributed by atoms with Gasteiger partial charge < -0.3 is 10.6 Å². The molecule has 1 saturated heterocycles. The van der Waals surface area contributed by atoms with Crippen molar-refractivity contribution >= 4 is 11.7 Å². The lowest BCUT2D eigenvalue weighted by atomic mass is 9.91. The number of hydrogen-bond acceptors (Lipinski definition) is 2. The Morgan fingerprint density at radius 2 is 1.72 bits per heavy atom. The van der Waals surface area contributed by atoms with E-state index in [1.807, 2.05) is 18.2 Å². The Hall–Kier alpha value is -2.73. The first-order chi connectivity index (χ1) is 14.1. The summed E-state index contributed by atoms with van der Waals surface area (Å²) in [5, 5.41) is 5.41. The van der Waals surface area contributed by atoms with E-state index in [4.69, 9.17) is 0 Å². The van der Waals surface area contributed by atoms with Crippen LogP contribution in [0.5, 0.6) is 0 Å². The fourth-order valence-electron chi connectivity index (χ4n) is 3.60. The highest BCUT2D eigenvalue weighted by atomic mass is 19.1. The number of nitrogens with one attached hydrogen (secondary N) is 2. The molecule has 1 heterocycles. The van der Waals surface area contributed by atoms with Gasteiger partial charge in [0.2, 0.25) is 0 Å². The first-order valence-corrected chi connectivity index (χ1v) is 10.0. The van der Waals surface area contributed by atoms with Crippen LogP contribution >= 0.6 is 0 Å². The summed E-state index contributed by atoms with van der Waals surface area (Å²) in [5.74, 6) is 0.0582. The molecular formula is C23H27F2N3O. The lowest BCUT2D eigenvalue weighted by molar-refractivity contribution is 0.190. The van der Waals surface area contributed by atoms with Crippen molar-refractivity contribution in [3.8, 4) is 0 Å². The molecule has 1 unspecified atom stereocenters. The van der Waals surface area contributed by atoms with Crippen LogP contribution in [0.2, 0.25) is 0 Å². The minimum Gasteiger partial charge on any atom is -0.334 e. The van der Waals surface area contributed by atoms with Gasteiger partial charge in [0.1, 0.15) is 11.6 Å². The number of hydrogen-bond donors (Lipinski definition) is 2. The number of carbonyl (C=O) groups excluding carboxylic acids is 1. The van der Waals surface area contributed by atoms with Crippen molar-refractivity contribution in [2.24, 2.45) is 5.92 Å².